The van der Waals surface area contributed by atoms with Gasteiger partial charge in [-0.1, -0.05) is 19.1 Å². The first kappa shape index (κ1) is 12.0. The van der Waals surface area contributed by atoms with Crippen LogP contribution in [-0.2, 0) is 6.42 Å². The lowest BCUT2D eigenvalue weighted by molar-refractivity contribution is 0.324. The van der Waals surface area contributed by atoms with E-state index in [1.165, 1.54) is 17.5 Å². The van der Waals surface area contributed by atoms with Crippen molar-refractivity contribution >= 4 is 0 Å². The highest BCUT2D eigenvalue weighted by Crippen LogP contribution is 2.36. The van der Waals surface area contributed by atoms with Gasteiger partial charge in [-0.25, -0.2) is 0 Å². The van der Waals surface area contributed by atoms with Crippen LogP contribution in [0.4, 0.5) is 0 Å². The second-order valence-electron chi connectivity index (χ2n) is 4.28. The molecule has 1 N–H and O–H groups in total. The molecule has 0 saturated heterocycles. The summed E-state index contributed by atoms with van der Waals surface area (Å²) in [5.41, 5.74) is 2.75. The third kappa shape index (κ3) is 2.62. The number of terminal acetylenes is 1. The molecule has 0 saturated carbocycles. The summed E-state index contributed by atoms with van der Waals surface area (Å²) in [6, 6.07) is 6.80. The molecule has 1 aromatic carbocycles. The van der Waals surface area contributed by atoms with Gasteiger partial charge in [-0.05, 0) is 36.6 Å². The van der Waals surface area contributed by atoms with Crippen LogP contribution in [0.1, 0.15) is 36.9 Å². The second-order valence-corrected chi connectivity index (χ2v) is 4.28. The monoisotopic (exact) mass is 229 g/mol. The standard InChI is InChI=1S/C15H19NO/c1-3-5-11-17-15-8-6-7-12-13(15)9-10-14(12)16-4-2/h1,6-8,14,16H,4-5,9-11H2,2H3. The lowest BCUT2D eigenvalue weighted by Gasteiger charge is -2.13. The van der Waals surface area contributed by atoms with Crippen molar-refractivity contribution in [2.24, 2.45) is 0 Å². The molecule has 0 aromatic heterocycles. The molecule has 1 unspecified atom stereocenters. The van der Waals surface area contributed by atoms with E-state index >= 15 is 0 Å². The third-order valence-electron chi connectivity index (χ3n) is 3.18. The van der Waals surface area contributed by atoms with Gasteiger partial charge in [0.05, 0.1) is 6.61 Å². The predicted molar refractivity (Wildman–Crippen MR) is 70.1 cm³/mol. The lowest BCUT2D eigenvalue weighted by Crippen LogP contribution is -2.18. The average molecular weight is 229 g/mol. The molecule has 90 valence electrons. The van der Waals surface area contributed by atoms with Crippen molar-refractivity contribution in [3.8, 4) is 18.1 Å². The third-order valence-corrected chi connectivity index (χ3v) is 3.18. The molecule has 0 bridgehead atoms. The fourth-order valence-corrected chi connectivity index (χ4v) is 2.43. The van der Waals surface area contributed by atoms with Crippen LogP contribution < -0.4 is 10.1 Å². The van der Waals surface area contributed by atoms with Crippen LogP contribution in [0.2, 0.25) is 0 Å². The van der Waals surface area contributed by atoms with E-state index < -0.39 is 0 Å². The molecule has 2 heteroatoms. The van der Waals surface area contributed by atoms with Gasteiger partial charge in [-0.3, -0.25) is 0 Å². The SMILES string of the molecule is C#CCCOc1cccc2c1CCC2NCC. The molecular weight excluding hydrogens is 210 g/mol. The number of hydrogen-bond acceptors (Lipinski definition) is 2. The van der Waals surface area contributed by atoms with Crippen molar-refractivity contribution in [3.05, 3.63) is 29.3 Å². The van der Waals surface area contributed by atoms with Crippen molar-refractivity contribution in [1.29, 1.82) is 0 Å². The molecule has 1 aliphatic carbocycles. The topological polar surface area (TPSA) is 21.3 Å². The van der Waals surface area contributed by atoms with E-state index in [0.717, 1.165) is 18.7 Å². The Bertz CT molecular complexity index is 419. The van der Waals surface area contributed by atoms with Crippen molar-refractivity contribution < 1.29 is 4.74 Å². The van der Waals surface area contributed by atoms with Crippen LogP contribution in [-0.4, -0.2) is 13.2 Å². The average Bonchev–Trinajstić information content (AvgIpc) is 2.75. The Morgan fingerprint density at radius 3 is 3.18 bits per heavy atom. The molecule has 17 heavy (non-hydrogen) atoms. The Morgan fingerprint density at radius 2 is 2.41 bits per heavy atom. The molecule has 1 aromatic rings. The zero-order chi connectivity index (χ0) is 12.1. The van der Waals surface area contributed by atoms with E-state index in [-0.39, 0.29) is 0 Å². The van der Waals surface area contributed by atoms with Crippen molar-refractivity contribution in [2.45, 2.75) is 32.2 Å². The van der Waals surface area contributed by atoms with E-state index in [4.69, 9.17) is 11.2 Å². The summed E-state index contributed by atoms with van der Waals surface area (Å²) in [5.74, 6) is 3.61. The Labute approximate surface area is 103 Å². The maximum absolute atomic E-state index is 5.75. The van der Waals surface area contributed by atoms with E-state index in [1.54, 1.807) is 0 Å². The summed E-state index contributed by atoms with van der Waals surface area (Å²) in [7, 11) is 0. The summed E-state index contributed by atoms with van der Waals surface area (Å²) < 4.78 is 5.75. The molecule has 2 nitrogen and oxygen atoms in total. The molecule has 0 radical (unpaired) electrons. The van der Waals surface area contributed by atoms with Gasteiger partial charge in [0.2, 0.25) is 0 Å². The summed E-state index contributed by atoms with van der Waals surface area (Å²) >= 11 is 0. The van der Waals surface area contributed by atoms with Crippen molar-refractivity contribution in [1.82, 2.24) is 5.32 Å². The molecule has 2 rings (SSSR count). The Morgan fingerprint density at radius 1 is 1.53 bits per heavy atom. The van der Waals surface area contributed by atoms with Crippen LogP contribution in [0.15, 0.2) is 18.2 Å². The van der Waals surface area contributed by atoms with E-state index in [9.17, 15) is 0 Å². The van der Waals surface area contributed by atoms with Gasteiger partial charge >= 0.3 is 0 Å². The number of rotatable bonds is 5. The van der Waals surface area contributed by atoms with E-state index in [0.29, 0.717) is 19.1 Å². The Hall–Kier alpha value is -1.46. The minimum absolute atomic E-state index is 0.492. The molecule has 1 aliphatic rings. The smallest absolute Gasteiger partial charge is 0.122 e. The second kappa shape index (κ2) is 5.75. The predicted octanol–water partition coefficient (Wildman–Crippen LogP) is 2.69. The zero-order valence-electron chi connectivity index (χ0n) is 10.3. The first-order valence-corrected chi connectivity index (χ1v) is 6.28. The van der Waals surface area contributed by atoms with Crippen molar-refractivity contribution in [3.63, 3.8) is 0 Å². The van der Waals surface area contributed by atoms with Crippen LogP contribution in [0.5, 0.6) is 5.75 Å². The molecule has 1 atom stereocenters. The van der Waals surface area contributed by atoms with E-state index in [1.807, 2.05) is 6.07 Å². The fraction of sp³-hybridized carbons (Fsp3) is 0.467. The summed E-state index contributed by atoms with van der Waals surface area (Å²) in [4.78, 5) is 0. The highest BCUT2D eigenvalue weighted by molar-refractivity contribution is 5.45. The largest absolute Gasteiger partial charge is 0.492 e. The van der Waals surface area contributed by atoms with Crippen LogP contribution in [0.3, 0.4) is 0 Å². The highest BCUT2D eigenvalue weighted by atomic mass is 16.5. The summed E-state index contributed by atoms with van der Waals surface area (Å²) in [5, 5.41) is 3.51. The Kier molecular flexibility index (Phi) is 4.06. The maximum atomic E-state index is 5.75. The number of fused-ring (bicyclic) bond motifs is 1. The lowest BCUT2D eigenvalue weighted by atomic mass is 10.1. The van der Waals surface area contributed by atoms with Crippen LogP contribution in [0.25, 0.3) is 0 Å². The fourth-order valence-electron chi connectivity index (χ4n) is 2.43. The Balaban J connectivity index is 2.12. The summed E-state index contributed by atoms with van der Waals surface area (Å²) in [6.07, 6.45) is 8.16. The normalized spacial score (nSPS) is 17.5. The minimum Gasteiger partial charge on any atom is -0.492 e. The maximum Gasteiger partial charge on any atom is 0.122 e. The van der Waals surface area contributed by atoms with Gasteiger partial charge < -0.3 is 10.1 Å². The van der Waals surface area contributed by atoms with Crippen LogP contribution in [0, 0.1) is 12.3 Å². The van der Waals surface area contributed by atoms with Gasteiger partial charge in [-0.2, -0.15) is 0 Å². The van der Waals surface area contributed by atoms with Gasteiger partial charge in [0, 0.05) is 12.5 Å². The van der Waals surface area contributed by atoms with Crippen molar-refractivity contribution in [2.75, 3.05) is 13.2 Å². The van der Waals surface area contributed by atoms with E-state index in [2.05, 4.69) is 30.3 Å². The molecule has 0 spiro atoms. The number of hydrogen-bond donors (Lipinski definition) is 1. The van der Waals surface area contributed by atoms with Gasteiger partial charge in [0.25, 0.3) is 0 Å². The summed E-state index contributed by atoms with van der Waals surface area (Å²) in [6.45, 7) is 3.76. The molecular formula is C15H19NO. The number of benzene rings is 1. The van der Waals surface area contributed by atoms with Crippen LogP contribution >= 0.6 is 0 Å². The highest BCUT2D eigenvalue weighted by Gasteiger charge is 2.24. The first-order valence-electron chi connectivity index (χ1n) is 6.28. The molecule has 0 fully saturated rings. The molecule has 0 heterocycles. The number of ether oxygens (including phenoxy) is 1. The van der Waals surface area contributed by atoms with Gasteiger partial charge in [-0.15, -0.1) is 12.3 Å². The van der Waals surface area contributed by atoms with Gasteiger partial charge in [0.15, 0.2) is 0 Å². The first-order chi connectivity index (χ1) is 8.36. The minimum atomic E-state index is 0.492. The molecule has 0 amide bonds. The molecule has 0 aliphatic heterocycles. The quantitative estimate of drug-likeness (QED) is 0.619. The zero-order valence-corrected chi connectivity index (χ0v) is 10.3. The van der Waals surface area contributed by atoms with Gasteiger partial charge in [0.1, 0.15) is 5.75 Å². The number of nitrogens with one attached hydrogen (secondary N) is 1.